The Morgan fingerprint density at radius 2 is 1.79 bits per heavy atom. The van der Waals surface area contributed by atoms with Crippen LogP contribution in [0.5, 0.6) is 0 Å². The minimum Gasteiger partial charge on any atom is -0.346 e. The van der Waals surface area contributed by atoms with Gasteiger partial charge in [-0.15, -0.1) is 0 Å². The molecule has 0 saturated carbocycles. The predicted molar refractivity (Wildman–Crippen MR) is 106 cm³/mol. The molecular formula is C20H14BrN3O4. The van der Waals surface area contributed by atoms with E-state index in [1.165, 1.54) is 6.07 Å². The van der Waals surface area contributed by atoms with Gasteiger partial charge in [-0.05, 0) is 36.2 Å². The maximum absolute atomic E-state index is 11.3. The van der Waals surface area contributed by atoms with E-state index in [1.54, 1.807) is 24.3 Å². The van der Waals surface area contributed by atoms with Crippen molar-refractivity contribution >= 4 is 33.5 Å². The van der Waals surface area contributed by atoms with E-state index in [9.17, 15) is 10.1 Å². The van der Waals surface area contributed by atoms with Gasteiger partial charge in [0.05, 0.1) is 23.6 Å². The number of halogens is 1. The summed E-state index contributed by atoms with van der Waals surface area (Å²) in [6.07, 6.45) is 2.23. The average Bonchev–Trinajstić information content (AvgIpc) is 3.03. The smallest absolute Gasteiger partial charge is 0.346 e. The molecule has 2 aromatic carbocycles. The first-order chi connectivity index (χ1) is 13.4. The number of nitro groups is 1. The predicted octanol–water partition coefficient (Wildman–Crippen LogP) is 5.15. The number of hydrogen-bond donors (Lipinski definition) is 0. The number of carbonyl (C=O) groups excluding carboxylic acids is 2. The summed E-state index contributed by atoms with van der Waals surface area (Å²) < 4.78 is 2.81. The zero-order chi connectivity index (χ0) is 20.7. The van der Waals surface area contributed by atoms with Crippen LogP contribution in [0.4, 0.5) is 11.4 Å². The third-order valence-electron chi connectivity index (χ3n) is 4.02. The molecule has 8 heteroatoms. The minimum atomic E-state index is -0.357. The fourth-order valence-electron chi connectivity index (χ4n) is 2.71. The highest BCUT2D eigenvalue weighted by Gasteiger charge is 2.15. The topological polar surface area (TPSA) is 86.6 Å². The van der Waals surface area contributed by atoms with E-state index >= 15 is 0 Å². The van der Waals surface area contributed by atoms with Crippen LogP contribution in [0.1, 0.15) is 11.3 Å². The van der Waals surface area contributed by atoms with Gasteiger partial charge in [-0.1, -0.05) is 40.2 Å². The van der Waals surface area contributed by atoms with Crippen molar-refractivity contribution in [3.8, 4) is 11.1 Å². The molecule has 0 radical (unpaired) electrons. The maximum Gasteiger partial charge on any atom is 0.373 e. The molecule has 140 valence electrons. The van der Waals surface area contributed by atoms with Crippen LogP contribution < -0.4 is 0 Å². The molecule has 0 aliphatic heterocycles. The van der Waals surface area contributed by atoms with Crippen LogP contribution in [0.3, 0.4) is 0 Å². The highest BCUT2D eigenvalue weighted by Crippen LogP contribution is 2.28. The normalized spacial score (nSPS) is 9.61. The fourth-order valence-corrected chi connectivity index (χ4v) is 3.12. The molecule has 0 fully saturated rings. The van der Waals surface area contributed by atoms with Crippen LogP contribution in [-0.4, -0.2) is 15.6 Å². The van der Waals surface area contributed by atoms with Gasteiger partial charge >= 0.3 is 6.15 Å². The van der Waals surface area contributed by atoms with E-state index in [0.717, 1.165) is 21.3 Å². The Labute approximate surface area is 169 Å². The van der Waals surface area contributed by atoms with Gasteiger partial charge in [0.1, 0.15) is 0 Å². The molecule has 0 spiro atoms. The molecule has 0 atom stereocenters. The lowest BCUT2D eigenvalue weighted by molar-refractivity contribution is -0.385. The highest BCUT2D eigenvalue weighted by atomic mass is 79.9. The first kappa shape index (κ1) is 20.8. The molecule has 0 aliphatic carbocycles. The Kier molecular flexibility index (Phi) is 6.99. The summed E-state index contributed by atoms with van der Waals surface area (Å²) in [6.45, 7) is 9.41. The van der Waals surface area contributed by atoms with Crippen molar-refractivity contribution in [2.24, 2.45) is 0 Å². The first-order valence-electron chi connectivity index (χ1n) is 7.96. The van der Waals surface area contributed by atoms with Crippen LogP contribution >= 0.6 is 15.9 Å². The minimum absolute atomic E-state index is 0.110. The summed E-state index contributed by atoms with van der Waals surface area (Å²) in [5.41, 5.74) is 4.40. The zero-order valence-electron chi connectivity index (χ0n) is 14.8. The van der Waals surface area contributed by atoms with Crippen molar-refractivity contribution in [3.05, 3.63) is 92.0 Å². The number of hydrogen-bond acceptors (Lipinski definition) is 4. The standard InChI is InChI=1S/C19H14BrN3O2.CO2/c1-13-9-15(14-3-6-18(21-2)7-4-14)11-22(13)12-16-10-17(20)5-8-19(16)23(24)25;2-1-3/h3-11H,12H2,1H3;. The molecule has 0 unspecified atom stereocenters. The van der Waals surface area contributed by atoms with Gasteiger partial charge < -0.3 is 4.57 Å². The number of aryl methyl sites for hydroxylation is 1. The molecule has 28 heavy (non-hydrogen) atoms. The molecule has 0 N–H and O–H groups in total. The summed E-state index contributed by atoms with van der Waals surface area (Å²) in [5, 5.41) is 11.3. The van der Waals surface area contributed by atoms with Crippen molar-refractivity contribution in [3.63, 3.8) is 0 Å². The Balaban J connectivity index is 0.000000878. The van der Waals surface area contributed by atoms with Gasteiger partial charge in [0, 0.05) is 22.4 Å². The van der Waals surface area contributed by atoms with Gasteiger partial charge in [0.25, 0.3) is 5.69 Å². The van der Waals surface area contributed by atoms with E-state index in [2.05, 4.69) is 20.8 Å². The zero-order valence-corrected chi connectivity index (χ0v) is 16.3. The van der Waals surface area contributed by atoms with Crippen molar-refractivity contribution < 1.29 is 14.5 Å². The van der Waals surface area contributed by atoms with Crippen LogP contribution in [0, 0.1) is 23.6 Å². The van der Waals surface area contributed by atoms with Crippen LogP contribution in [-0.2, 0) is 16.1 Å². The van der Waals surface area contributed by atoms with E-state index < -0.39 is 0 Å². The number of rotatable bonds is 4. The number of benzene rings is 2. The highest BCUT2D eigenvalue weighted by molar-refractivity contribution is 9.10. The summed E-state index contributed by atoms with van der Waals surface area (Å²) in [7, 11) is 0. The SMILES string of the molecule is O=C=O.[C-]#[N+]c1ccc(-c2cc(C)n(Cc3cc(Br)ccc3[N+](=O)[O-])c2)cc1. The number of nitrogens with zero attached hydrogens (tertiary/aromatic N) is 3. The Bertz CT molecular complexity index is 1080. The van der Waals surface area contributed by atoms with Crippen LogP contribution in [0.2, 0.25) is 0 Å². The molecule has 7 nitrogen and oxygen atoms in total. The van der Waals surface area contributed by atoms with Gasteiger partial charge in [0.15, 0.2) is 5.69 Å². The lowest BCUT2D eigenvalue weighted by atomic mass is 10.1. The number of nitro benzene ring substituents is 1. The lowest BCUT2D eigenvalue weighted by Crippen LogP contribution is -2.03. The largest absolute Gasteiger partial charge is 0.373 e. The van der Waals surface area contributed by atoms with Crippen molar-refractivity contribution in [1.82, 2.24) is 4.57 Å². The third kappa shape index (κ3) is 5.01. The maximum atomic E-state index is 11.3. The molecule has 1 heterocycles. The lowest BCUT2D eigenvalue weighted by Gasteiger charge is -2.07. The summed E-state index contributed by atoms with van der Waals surface area (Å²) in [4.78, 5) is 30.5. The first-order valence-corrected chi connectivity index (χ1v) is 8.75. The van der Waals surface area contributed by atoms with Gasteiger partial charge in [-0.2, -0.15) is 9.59 Å². The molecular weight excluding hydrogens is 426 g/mol. The molecule has 1 aromatic heterocycles. The molecule has 3 aromatic rings. The van der Waals surface area contributed by atoms with Crippen molar-refractivity contribution in [2.45, 2.75) is 13.5 Å². The quantitative estimate of drug-likeness (QED) is 0.319. The van der Waals surface area contributed by atoms with E-state index in [1.807, 2.05) is 35.9 Å². The summed E-state index contributed by atoms with van der Waals surface area (Å²) in [5.74, 6) is 0. The van der Waals surface area contributed by atoms with Crippen LogP contribution in [0.25, 0.3) is 16.0 Å². The second kappa shape index (κ2) is 9.42. The molecule has 0 saturated heterocycles. The van der Waals surface area contributed by atoms with Crippen molar-refractivity contribution in [1.29, 1.82) is 0 Å². The van der Waals surface area contributed by atoms with E-state index in [4.69, 9.17) is 16.2 Å². The van der Waals surface area contributed by atoms with Crippen molar-refractivity contribution in [2.75, 3.05) is 0 Å². The Morgan fingerprint density at radius 1 is 1.14 bits per heavy atom. The Hall–Kier alpha value is -3.53. The van der Waals surface area contributed by atoms with E-state index in [0.29, 0.717) is 17.8 Å². The average molecular weight is 440 g/mol. The van der Waals surface area contributed by atoms with Gasteiger partial charge in [-0.25, -0.2) is 4.85 Å². The Morgan fingerprint density at radius 3 is 2.36 bits per heavy atom. The van der Waals surface area contributed by atoms with Crippen LogP contribution in [0.15, 0.2) is 59.2 Å². The van der Waals surface area contributed by atoms with Gasteiger partial charge in [-0.3, -0.25) is 10.1 Å². The van der Waals surface area contributed by atoms with E-state index in [-0.39, 0.29) is 16.8 Å². The third-order valence-corrected chi connectivity index (χ3v) is 4.51. The molecule has 3 rings (SSSR count). The summed E-state index contributed by atoms with van der Waals surface area (Å²) in [6, 6.07) is 14.4. The number of aromatic nitrogens is 1. The monoisotopic (exact) mass is 439 g/mol. The summed E-state index contributed by atoms with van der Waals surface area (Å²) >= 11 is 3.38. The molecule has 0 amide bonds. The second-order valence-electron chi connectivity index (χ2n) is 5.77. The molecule has 0 aliphatic rings. The fraction of sp³-hybridized carbons (Fsp3) is 0.100. The second-order valence-corrected chi connectivity index (χ2v) is 6.69. The molecule has 0 bridgehead atoms. The van der Waals surface area contributed by atoms with Gasteiger partial charge in [0.2, 0.25) is 0 Å².